The standard InChI is InChI=1S/C17H27N3O/c1-11(18)14-19-13(21-20-14)7-17-6-12-4-15(2,9-17)8-16(3,5-12)10-17/h11-12H,4-10,18H2,1-3H3. The van der Waals surface area contributed by atoms with E-state index < -0.39 is 0 Å². The highest BCUT2D eigenvalue weighted by Gasteiger charge is 2.60. The Morgan fingerprint density at radius 2 is 1.86 bits per heavy atom. The van der Waals surface area contributed by atoms with Crippen LogP contribution in [0.4, 0.5) is 0 Å². The first-order valence-corrected chi connectivity index (χ1v) is 8.37. The highest BCUT2D eigenvalue weighted by atomic mass is 16.5. The quantitative estimate of drug-likeness (QED) is 0.922. The number of rotatable bonds is 3. The van der Waals surface area contributed by atoms with Gasteiger partial charge in [-0.25, -0.2) is 0 Å². The first kappa shape index (κ1) is 13.7. The van der Waals surface area contributed by atoms with Gasteiger partial charge in [0.05, 0.1) is 6.04 Å². The monoisotopic (exact) mass is 289 g/mol. The summed E-state index contributed by atoms with van der Waals surface area (Å²) in [5.41, 5.74) is 7.32. The van der Waals surface area contributed by atoms with Crippen molar-refractivity contribution < 1.29 is 4.52 Å². The van der Waals surface area contributed by atoms with E-state index in [9.17, 15) is 0 Å². The Hall–Kier alpha value is -0.900. The van der Waals surface area contributed by atoms with Crippen LogP contribution in [0.5, 0.6) is 0 Å². The van der Waals surface area contributed by atoms with Crippen molar-refractivity contribution in [3.8, 4) is 0 Å². The first-order chi connectivity index (χ1) is 9.79. The average molecular weight is 289 g/mol. The van der Waals surface area contributed by atoms with Gasteiger partial charge in [0.2, 0.25) is 5.89 Å². The number of hydrogen-bond acceptors (Lipinski definition) is 4. The topological polar surface area (TPSA) is 64.9 Å². The Balaban J connectivity index is 1.62. The van der Waals surface area contributed by atoms with Crippen LogP contribution in [-0.4, -0.2) is 10.1 Å². The van der Waals surface area contributed by atoms with Crippen molar-refractivity contribution in [2.24, 2.45) is 27.9 Å². The summed E-state index contributed by atoms with van der Waals surface area (Å²) in [6.07, 6.45) is 9.25. The number of nitrogens with zero attached hydrogens (tertiary/aromatic N) is 2. The van der Waals surface area contributed by atoms with E-state index in [4.69, 9.17) is 10.3 Å². The van der Waals surface area contributed by atoms with Crippen molar-refractivity contribution in [1.29, 1.82) is 0 Å². The lowest BCUT2D eigenvalue weighted by Gasteiger charge is -2.65. The van der Waals surface area contributed by atoms with Crippen LogP contribution < -0.4 is 5.73 Å². The summed E-state index contributed by atoms with van der Waals surface area (Å²) >= 11 is 0. The Morgan fingerprint density at radius 3 is 2.38 bits per heavy atom. The van der Waals surface area contributed by atoms with Crippen LogP contribution >= 0.6 is 0 Å². The molecule has 4 saturated carbocycles. The Labute approximate surface area is 126 Å². The molecule has 0 amide bonds. The van der Waals surface area contributed by atoms with E-state index in [1.165, 1.54) is 38.5 Å². The third-order valence-corrected chi connectivity index (χ3v) is 6.16. The minimum absolute atomic E-state index is 0.145. The van der Waals surface area contributed by atoms with Gasteiger partial charge in [0.1, 0.15) is 0 Å². The zero-order chi connectivity index (χ0) is 14.9. The van der Waals surface area contributed by atoms with Gasteiger partial charge < -0.3 is 10.3 Å². The van der Waals surface area contributed by atoms with Gasteiger partial charge in [0.25, 0.3) is 0 Å². The summed E-state index contributed by atoms with van der Waals surface area (Å²) in [7, 11) is 0. The van der Waals surface area contributed by atoms with Gasteiger partial charge in [-0.2, -0.15) is 4.98 Å². The van der Waals surface area contributed by atoms with Gasteiger partial charge in [0, 0.05) is 6.42 Å². The normalized spacial score (nSPS) is 46.0. The van der Waals surface area contributed by atoms with Gasteiger partial charge >= 0.3 is 0 Å². The summed E-state index contributed by atoms with van der Waals surface area (Å²) in [5.74, 6) is 2.36. The van der Waals surface area contributed by atoms with Gasteiger partial charge in [-0.3, -0.25) is 0 Å². The minimum atomic E-state index is -0.145. The third-order valence-electron chi connectivity index (χ3n) is 6.16. The molecule has 4 heteroatoms. The van der Waals surface area contributed by atoms with E-state index >= 15 is 0 Å². The lowest BCUT2D eigenvalue weighted by Crippen LogP contribution is -2.55. The maximum absolute atomic E-state index is 5.85. The molecule has 4 aliphatic carbocycles. The molecule has 1 aromatic heterocycles. The molecule has 0 aromatic carbocycles. The van der Waals surface area contributed by atoms with E-state index in [-0.39, 0.29) is 6.04 Å². The second-order valence-corrected chi connectivity index (χ2v) is 9.14. The highest BCUT2D eigenvalue weighted by Crippen LogP contribution is 2.70. The first-order valence-electron chi connectivity index (χ1n) is 8.37. The molecule has 4 nitrogen and oxygen atoms in total. The molecular formula is C17H27N3O. The predicted octanol–water partition coefficient (Wildman–Crippen LogP) is 3.63. The molecule has 3 atom stereocenters. The summed E-state index contributed by atoms with van der Waals surface area (Å²) in [5, 5.41) is 4.04. The fourth-order valence-corrected chi connectivity index (χ4v) is 6.73. The second-order valence-electron chi connectivity index (χ2n) is 9.14. The second kappa shape index (κ2) is 4.09. The van der Waals surface area contributed by atoms with Crippen molar-refractivity contribution in [3.05, 3.63) is 11.7 Å². The summed E-state index contributed by atoms with van der Waals surface area (Å²) in [6, 6.07) is -0.145. The van der Waals surface area contributed by atoms with Crippen LogP contribution in [0.1, 0.15) is 77.1 Å². The third kappa shape index (κ3) is 2.23. The zero-order valence-electron chi connectivity index (χ0n) is 13.5. The molecule has 0 saturated heterocycles. The molecule has 4 bridgehead atoms. The number of hydrogen-bond donors (Lipinski definition) is 1. The summed E-state index contributed by atoms with van der Waals surface area (Å²) in [6.45, 7) is 6.92. The molecule has 1 aromatic rings. The molecule has 0 radical (unpaired) electrons. The van der Waals surface area contributed by atoms with Crippen LogP contribution in [-0.2, 0) is 6.42 Å². The van der Waals surface area contributed by atoms with Gasteiger partial charge in [0.15, 0.2) is 5.82 Å². The zero-order valence-corrected chi connectivity index (χ0v) is 13.5. The van der Waals surface area contributed by atoms with E-state index in [1.807, 2.05) is 6.92 Å². The molecular weight excluding hydrogens is 262 g/mol. The summed E-state index contributed by atoms with van der Waals surface area (Å²) in [4.78, 5) is 4.53. The molecule has 2 N–H and O–H groups in total. The van der Waals surface area contributed by atoms with E-state index in [2.05, 4.69) is 24.0 Å². The number of nitrogens with two attached hydrogens (primary N) is 1. The van der Waals surface area contributed by atoms with Crippen molar-refractivity contribution in [2.45, 2.75) is 71.8 Å². The lowest BCUT2D eigenvalue weighted by atomic mass is 9.40. The molecule has 1 heterocycles. The molecule has 116 valence electrons. The Kier molecular flexibility index (Phi) is 2.68. The summed E-state index contributed by atoms with van der Waals surface area (Å²) < 4.78 is 5.49. The van der Waals surface area contributed by atoms with Gasteiger partial charge in [-0.15, -0.1) is 0 Å². The highest BCUT2D eigenvalue weighted by molar-refractivity contribution is 5.12. The van der Waals surface area contributed by atoms with Gasteiger partial charge in [-0.1, -0.05) is 19.0 Å². The van der Waals surface area contributed by atoms with E-state index in [1.54, 1.807) is 0 Å². The van der Waals surface area contributed by atoms with E-state index in [0.717, 1.165) is 18.2 Å². The van der Waals surface area contributed by atoms with Crippen LogP contribution in [0.25, 0.3) is 0 Å². The molecule has 0 aliphatic heterocycles. The van der Waals surface area contributed by atoms with Crippen LogP contribution in [0, 0.1) is 22.2 Å². The molecule has 21 heavy (non-hydrogen) atoms. The average Bonchev–Trinajstić information content (AvgIpc) is 2.71. The van der Waals surface area contributed by atoms with Crippen molar-refractivity contribution >= 4 is 0 Å². The molecule has 0 spiro atoms. The fourth-order valence-electron chi connectivity index (χ4n) is 6.73. The molecule has 4 aliphatic rings. The predicted molar refractivity (Wildman–Crippen MR) is 80.4 cm³/mol. The Morgan fingerprint density at radius 1 is 1.19 bits per heavy atom. The number of aromatic nitrogens is 2. The fraction of sp³-hybridized carbons (Fsp3) is 0.882. The van der Waals surface area contributed by atoms with Crippen LogP contribution in [0.15, 0.2) is 4.52 Å². The molecule has 5 rings (SSSR count). The lowest BCUT2D eigenvalue weighted by molar-refractivity contribution is -0.146. The maximum atomic E-state index is 5.85. The van der Waals surface area contributed by atoms with Crippen molar-refractivity contribution in [3.63, 3.8) is 0 Å². The van der Waals surface area contributed by atoms with Gasteiger partial charge in [-0.05, 0) is 67.6 Å². The smallest absolute Gasteiger partial charge is 0.227 e. The van der Waals surface area contributed by atoms with E-state index in [0.29, 0.717) is 22.1 Å². The molecule has 3 unspecified atom stereocenters. The van der Waals surface area contributed by atoms with Crippen molar-refractivity contribution in [1.82, 2.24) is 10.1 Å². The van der Waals surface area contributed by atoms with Crippen molar-refractivity contribution in [2.75, 3.05) is 0 Å². The SMILES string of the molecule is CC(N)c1noc(CC23CC4CC(C)(CC(C)(C4)C2)C3)n1. The maximum Gasteiger partial charge on any atom is 0.227 e. The minimum Gasteiger partial charge on any atom is -0.339 e. The Bertz CT molecular complexity index is 546. The largest absolute Gasteiger partial charge is 0.339 e. The molecule has 4 fully saturated rings. The van der Waals surface area contributed by atoms with Crippen LogP contribution in [0.2, 0.25) is 0 Å². The van der Waals surface area contributed by atoms with Crippen LogP contribution in [0.3, 0.4) is 0 Å².